The van der Waals surface area contributed by atoms with E-state index in [-0.39, 0.29) is 11.8 Å². The molecule has 0 atom stereocenters. The molecule has 6 heteroatoms. The van der Waals surface area contributed by atoms with E-state index in [1.807, 2.05) is 13.8 Å². The number of aromatic nitrogens is 1. The van der Waals surface area contributed by atoms with Crippen LogP contribution in [0.15, 0.2) is 18.3 Å². The van der Waals surface area contributed by atoms with Gasteiger partial charge in [-0.25, -0.2) is 0 Å². The largest absolute Gasteiger partial charge is 0.384 e. The fraction of sp³-hybridized carbons (Fsp3) is 0.500. The number of rotatable bonds is 8. The molecule has 0 saturated heterocycles. The number of hydrogen-bond donors (Lipinski definition) is 3. The summed E-state index contributed by atoms with van der Waals surface area (Å²) >= 11 is 0. The van der Waals surface area contributed by atoms with Gasteiger partial charge in [0, 0.05) is 37.9 Å². The topological polar surface area (TPSA) is 83.1 Å². The fourth-order valence-electron chi connectivity index (χ4n) is 1.59. The second-order valence-corrected chi connectivity index (χ2v) is 4.32. The summed E-state index contributed by atoms with van der Waals surface area (Å²) in [6, 6.07) is 3.45. The minimum absolute atomic E-state index is 0.0253. The predicted octanol–water partition coefficient (Wildman–Crippen LogP) is 1.16. The van der Waals surface area contributed by atoms with E-state index in [0.29, 0.717) is 31.7 Å². The molecule has 0 bridgehead atoms. The minimum atomic E-state index is -0.197. The Morgan fingerprint density at radius 2 is 2.00 bits per heavy atom. The summed E-state index contributed by atoms with van der Waals surface area (Å²) in [5.74, 6) is -0.172. The highest BCUT2D eigenvalue weighted by Gasteiger charge is 2.06. The summed E-state index contributed by atoms with van der Waals surface area (Å²) in [5.41, 5.74) is 1.15. The van der Waals surface area contributed by atoms with E-state index in [1.165, 1.54) is 0 Å². The molecule has 1 aromatic heterocycles. The van der Waals surface area contributed by atoms with Crippen molar-refractivity contribution in [2.45, 2.75) is 26.7 Å². The first-order valence-electron chi connectivity index (χ1n) is 6.92. The van der Waals surface area contributed by atoms with Gasteiger partial charge in [-0.1, -0.05) is 6.92 Å². The molecule has 1 rings (SSSR count). The number of nitrogens with one attached hydrogen (secondary N) is 3. The molecular weight excluding hydrogens is 256 g/mol. The molecule has 0 saturated carbocycles. The van der Waals surface area contributed by atoms with Crippen LogP contribution in [0.1, 0.15) is 37.2 Å². The second-order valence-electron chi connectivity index (χ2n) is 4.32. The molecule has 0 radical (unpaired) electrons. The summed E-state index contributed by atoms with van der Waals surface area (Å²) in [7, 11) is 0. The van der Waals surface area contributed by atoms with Gasteiger partial charge in [-0.3, -0.25) is 14.6 Å². The van der Waals surface area contributed by atoms with E-state index in [0.717, 1.165) is 12.1 Å². The van der Waals surface area contributed by atoms with Crippen LogP contribution in [0, 0.1) is 0 Å². The van der Waals surface area contributed by atoms with Crippen LogP contribution in [0.3, 0.4) is 0 Å². The van der Waals surface area contributed by atoms with E-state index in [1.54, 1.807) is 18.3 Å². The molecule has 0 aliphatic heterocycles. The van der Waals surface area contributed by atoms with Crippen molar-refractivity contribution in [1.82, 2.24) is 15.6 Å². The summed E-state index contributed by atoms with van der Waals surface area (Å²) in [5, 5.41) is 8.61. The molecule has 0 aromatic carbocycles. The zero-order chi connectivity index (χ0) is 14.8. The maximum absolute atomic E-state index is 11.6. The molecule has 0 fully saturated rings. The van der Waals surface area contributed by atoms with Gasteiger partial charge < -0.3 is 16.0 Å². The lowest BCUT2D eigenvalue weighted by molar-refractivity contribution is -0.120. The van der Waals surface area contributed by atoms with E-state index < -0.39 is 0 Å². The number of carbonyl (C=O) groups excluding carboxylic acids is 2. The number of pyridine rings is 1. The fourth-order valence-corrected chi connectivity index (χ4v) is 1.59. The molecule has 110 valence electrons. The Morgan fingerprint density at radius 1 is 1.20 bits per heavy atom. The first-order chi connectivity index (χ1) is 9.67. The zero-order valence-corrected chi connectivity index (χ0v) is 12.0. The number of hydrogen-bond acceptors (Lipinski definition) is 4. The molecule has 20 heavy (non-hydrogen) atoms. The standard InChI is InChI=1S/C14H22N4O2/c1-3-7-18-13(19)6-9-16-11-5-8-17-12(10-11)14(20)15-4-2/h5,8,10H,3-4,6-7,9H2,1-2H3,(H,15,20)(H,16,17)(H,18,19). The molecule has 0 unspecified atom stereocenters. The van der Waals surface area contributed by atoms with Gasteiger partial charge in [0.05, 0.1) is 0 Å². The lowest BCUT2D eigenvalue weighted by atomic mass is 10.3. The van der Waals surface area contributed by atoms with Crippen molar-refractivity contribution in [2.24, 2.45) is 0 Å². The highest BCUT2D eigenvalue weighted by molar-refractivity contribution is 5.93. The Morgan fingerprint density at radius 3 is 2.70 bits per heavy atom. The van der Waals surface area contributed by atoms with Crippen molar-refractivity contribution in [3.8, 4) is 0 Å². The Labute approximate surface area is 119 Å². The highest BCUT2D eigenvalue weighted by Crippen LogP contribution is 2.07. The van der Waals surface area contributed by atoms with Crippen LogP contribution in [0.2, 0.25) is 0 Å². The van der Waals surface area contributed by atoms with E-state index in [2.05, 4.69) is 20.9 Å². The van der Waals surface area contributed by atoms with E-state index >= 15 is 0 Å². The lowest BCUT2D eigenvalue weighted by Gasteiger charge is -2.08. The van der Waals surface area contributed by atoms with Crippen molar-refractivity contribution >= 4 is 17.5 Å². The maximum atomic E-state index is 11.6. The number of amides is 2. The molecular formula is C14H22N4O2. The van der Waals surface area contributed by atoms with Gasteiger partial charge in [0.2, 0.25) is 5.91 Å². The Balaban J connectivity index is 2.42. The smallest absolute Gasteiger partial charge is 0.269 e. The predicted molar refractivity (Wildman–Crippen MR) is 78.7 cm³/mol. The second kappa shape index (κ2) is 8.90. The van der Waals surface area contributed by atoms with Gasteiger partial charge >= 0.3 is 0 Å². The van der Waals surface area contributed by atoms with Gasteiger partial charge in [-0.05, 0) is 25.5 Å². The van der Waals surface area contributed by atoms with Gasteiger partial charge in [0.15, 0.2) is 0 Å². The quantitative estimate of drug-likeness (QED) is 0.666. The van der Waals surface area contributed by atoms with Gasteiger partial charge in [-0.15, -0.1) is 0 Å². The Bertz CT molecular complexity index is 449. The maximum Gasteiger partial charge on any atom is 0.269 e. The van der Waals surface area contributed by atoms with Crippen molar-refractivity contribution in [2.75, 3.05) is 25.0 Å². The lowest BCUT2D eigenvalue weighted by Crippen LogP contribution is -2.26. The molecule has 0 aliphatic rings. The number of carbonyl (C=O) groups is 2. The van der Waals surface area contributed by atoms with Crippen LogP contribution < -0.4 is 16.0 Å². The number of anilines is 1. The zero-order valence-electron chi connectivity index (χ0n) is 12.0. The number of nitrogens with zero attached hydrogens (tertiary/aromatic N) is 1. The molecule has 3 N–H and O–H groups in total. The molecule has 1 aromatic rings. The van der Waals surface area contributed by atoms with Crippen LogP contribution >= 0.6 is 0 Å². The molecule has 0 aliphatic carbocycles. The summed E-state index contributed by atoms with van der Waals surface area (Å²) in [6.45, 7) is 5.66. The average molecular weight is 278 g/mol. The van der Waals surface area contributed by atoms with Crippen molar-refractivity contribution in [1.29, 1.82) is 0 Å². The minimum Gasteiger partial charge on any atom is -0.384 e. The van der Waals surface area contributed by atoms with Gasteiger partial charge in [0.1, 0.15) is 5.69 Å². The Kier molecular flexibility index (Phi) is 7.10. The van der Waals surface area contributed by atoms with Crippen LogP contribution in [0.25, 0.3) is 0 Å². The first-order valence-corrected chi connectivity index (χ1v) is 6.92. The van der Waals surface area contributed by atoms with Crippen LogP contribution in [0.4, 0.5) is 5.69 Å². The van der Waals surface area contributed by atoms with Crippen LogP contribution in [-0.2, 0) is 4.79 Å². The Hall–Kier alpha value is -2.11. The average Bonchev–Trinajstić information content (AvgIpc) is 2.45. The van der Waals surface area contributed by atoms with Crippen LogP contribution in [-0.4, -0.2) is 36.4 Å². The van der Waals surface area contributed by atoms with E-state index in [9.17, 15) is 9.59 Å². The summed E-state index contributed by atoms with van der Waals surface area (Å²) in [4.78, 5) is 27.1. The molecule has 0 spiro atoms. The SMILES string of the molecule is CCCNC(=O)CCNc1ccnc(C(=O)NCC)c1. The van der Waals surface area contributed by atoms with Crippen molar-refractivity contribution < 1.29 is 9.59 Å². The third-order valence-corrected chi connectivity index (χ3v) is 2.58. The summed E-state index contributed by atoms with van der Waals surface area (Å²) < 4.78 is 0. The third kappa shape index (κ3) is 5.69. The normalized spacial score (nSPS) is 9.90. The monoisotopic (exact) mass is 278 g/mol. The third-order valence-electron chi connectivity index (χ3n) is 2.58. The van der Waals surface area contributed by atoms with Gasteiger partial charge in [-0.2, -0.15) is 0 Å². The molecule has 6 nitrogen and oxygen atoms in total. The highest BCUT2D eigenvalue weighted by atomic mass is 16.2. The van der Waals surface area contributed by atoms with Crippen LogP contribution in [0.5, 0.6) is 0 Å². The first kappa shape index (κ1) is 15.9. The van der Waals surface area contributed by atoms with Crippen molar-refractivity contribution in [3.63, 3.8) is 0 Å². The molecule has 1 heterocycles. The summed E-state index contributed by atoms with van der Waals surface area (Å²) in [6.07, 6.45) is 2.91. The van der Waals surface area contributed by atoms with Gasteiger partial charge in [0.25, 0.3) is 5.91 Å². The van der Waals surface area contributed by atoms with Crippen molar-refractivity contribution in [3.05, 3.63) is 24.0 Å². The molecule has 2 amide bonds. The van der Waals surface area contributed by atoms with E-state index in [4.69, 9.17) is 0 Å².